The molecule has 0 atom stereocenters. The Morgan fingerprint density at radius 3 is 2.41 bits per heavy atom. The van der Waals surface area contributed by atoms with Crippen LogP contribution in [0, 0.1) is 13.8 Å². The highest BCUT2D eigenvalue weighted by atomic mass is 15.1. The number of benzene rings is 1. The van der Waals surface area contributed by atoms with Crippen molar-refractivity contribution < 1.29 is 0 Å². The molecular formula is C16H23N. The number of rotatable bonds is 4. The Hall–Kier alpha value is -1.24. The van der Waals surface area contributed by atoms with Gasteiger partial charge in [0.1, 0.15) is 0 Å². The first kappa shape index (κ1) is 12.2. The van der Waals surface area contributed by atoms with Gasteiger partial charge in [-0.05, 0) is 50.3 Å². The van der Waals surface area contributed by atoms with E-state index in [2.05, 4.69) is 57.5 Å². The normalized spacial score (nSPS) is 16.7. The van der Waals surface area contributed by atoms with Crippen molar-refractivity contribution in [1.29, 1.82) is 0 Å². The van der Waals surface area contributed by atoms with E-state index in [-0.39, 0.29) is 5.41 Å². The van der Waals surface area contributed by atoms with Crippen LogP contribution in [-0.2, 0) is 5.41 Å². The van der Waals surface area contributed by atoms with Crippen molar-refractivity contribution in [1.82, 2.24) is 4.90 Å². The van der Waals surface area contributed by atoms with Crippen molar-refractivity contribution >= 4 is 0 Å². The number of nitrogens with zero attached hydrogens (tertiary/aromatic N) is 1. The molecule has 0 N–H and O–H groups in total. The predicted octanol–water partition coefficient (Wildman–Crippen LogP) is 3.80. The summed E-state index contributed by atoms with van der Waals surface area (Å²) in [5.41, 5.74) is 5.73. The van der Waals surface area contributed by atoms with Crippen LogP contribution in [0.2, 0.25) is 0 Å². The summed E-state index contributed by atoms with van der Waals surface area (Å²) in [6, 6.07) is 6.87. The second-order valence-corrected chi connectivity index (χ2v) is 5.34. The highest BCUT2D eigenvalue weighted by Gasteiger charge is 2.47. The van der Waals surface area contributed by atoms with Crippen LogP contribution >= 0.6 is 0 Å². The van der Waals surface area contributed by atoms with Gasteiger partial charge in [-0.1, -0.05) is 24.8 Å². The molecule has 1 heteroatoms. The maximum Gasteiger partial charge on any atom is 0.0347 e. The maximum atomic E-state index is 4.31. The average Bonchev–Trinajstić information content (AvgIpc) is 3.12. The van der Waals surface area contributed by atoms with Gasteiger partial charge < -0.3 is 4.90 Å². The third-order valence-corrected chi connectivity index (χ3v) is 4.30. The van der Waals surface area contributed by atoms with E-state index in [9.17, 15) is 0 Å². The predicted molar refractivity (Wildman–Crippen MR) is 74.3 cm³/mol. The van der Waals surface area contributed by atoms with Crippen molar-refractivity contribution in [2.45, 2.75) is 39.0 Å². The summed E-state index contributed by atoms with van der Waals surface area (Å²) in [6.45, 7) is 11.9. The van der Waals surface area contributed by atoms with E-state index in [1.807, 2.05) is 0 Å². The van der Waals surface area contributed by atoms with Crippen molar-refractivity contribution in [2.75, 3.05) is 13.6 Å². The first-order valence-electron chi connectivity index (χ1n) is 6.49. The summed E-state index contributed by atoms with van der Waals surface area (Å²) in [5.74, 6) is 0. The van der Waals surface area contributed by atoms with Crippen LogP contribution in [0.15, 0.2) is 30.5 Å². The maximum absolute atomic E-state index is 4.31. The molecule has 1 saturated carbocycles. The lowest BCUT2D eigenvalue weighted by atomic mass is 9.90. The molecule has 0 bridgehead atoms. The Kier molecular flexibility index (Phi) is 3.03. The van der Waals surface area contributed by atoms with E-state index >= 15 is 0 Å². The molecule has 0 unspecified atom stereocenters. The van der Waals surface area contributed by atoms with E-state index in [1.165, 1.54) is 35.2 Å². The van der Waals surface area contributed by atoms with E-state index < -0.39 is 0 Å². The number of aryl methyl sites for hydroxylation is 2. The fraction of sp³-hybridized carbons (Fsp3) is 0.500. The molecular weight excluding hydrogens is 206 g/mol. The summed E-state index contributed by atoms with van der Waals surface area (Å²) in [4.78, 5) is 2.28. The van der Waals surface area contributed by atoms with Crippen molar-refractivity contribution in [2.24, 2.45) is 0 Å². The third-order valence-electron chi connectivity index (χ3n) is 4.30. The number of hydrogen-bond acceptors (Lipinski definition) is 1. The van der Waals surface area contributed by atoms with Gasteiger partial charge in [0.15, 0.2) is 0 Å². The lowest BCUT2D eigenvalue weighted by Crippen LogP contribution is -2.25. The van der Waals surface area contributed by atoms with Crippen LogP contribution in [0.5, 0.6) is 0 Å². The minimum atomic E-state index is 0.239. The summed E-state index contributed by atoms with van der Waals surface area (Å²) in [5, 5.41) is 0. The minimum absolute atomic E-state index is 0.239. The lowest BCUT2D eigenvalue weighted by Gasteiger charge is -2.28. The van der Waals surface area contributed by atoms with Crippen molar-refractivity contribution in [3.63, 3.8) is 0 Å². The molecule has 1 aromatic rings. The first-order chi connectivity index (χ1) is 8.01. The highest BCUT2D eigenvalue weighted by molar-refractivity contribution is 5.44. The van der Waals surface area contributed by atoms with Gasteiger partial charge in [0, 0.05) is 24.7 Å². The molecule has 1 fully saturated rings. The van der Waals surface area contributed by atoms with Crippen LogP contribution in [0.25, 0.3) is 0 Å². The topological polar surface area (TPSA) is 3.24 Å². The number of allylic oxidation sites excluding steroid dienone is 1. The summed E-state index contributed by atoms with van der Waals surface area (Å²) in [7, 11) is 2.14. The largest absolute Gasteiger partial charge is 0.378 e. The zero-order valence-corrected chi connectivity index (χ0v) is 11.5. The lowest BCUT2D eigenvalue weighted by molar-refractivity contribution is 0.401. The summed E-state index contributed by atoms with van der Waals surface area (Å²) >= 11 is 0. The molecule has 0 aliphatic heterocycles. The summed E-state index contributed by atoms with van der Waals surface area (Å²) in [6.07, 6.45) is 2.50. The Morgan fingerprint density at radius 2 is 1.94 bits per heavy atom. The van der Waals surface area contributed by atoms with Crippen LogP contribution in [0.4, 0.5) is 0 Å². The number of likely N-dealkylation sites (N-methyl/N-ethyl adjacent to an activating group) is 1. The van der Waals surface area contributed by atoms with Gasteiger partial charge in [-0.15, -0.1) is 0 Å². The molecule has 0 aromatic heterocycles. The van der Waals surface area contributed by atoms with Crippen LogP contribution < -0.4 is 0 Å². The molecule has 0 heterocycles. The standard InChI is InChI=1S/C16H23N/c1-6-17(5)14(4)16(9-10-16)15-8-7-12(2)13(3)11-15/h7-8,11H,4,6,9-10H2,1-3,5H3. The van der Waals surface area contributed by atoms with Crippen LogP contribution in [-0.4, -0.2) is 18.5 Å². The highest BCUT2D eigenvalue weighted by Crippen LogP contribution is 2.54. The average molecular weight is 229 g/mol. The molecule has 1 aliphatic rings. The van der Waals surface area contributed by atoms with E-state index in [0.717, 1.165) is 6.54 Å². The fourth-order valence-corrected chi connectivity index (χ4v) is 2.46. The molecule has 92 valence electrons. The second-order valence-electron chi connectivity index (χ2n) is 5.34. The molecule has 0 amide bonds. The number of hydrogen-bond donors (Lipinski definition) is 0. The van der Waals surface area contributed by atoms with Gasteiger partial charge in [-0.2, -0.15) is 0 Å². The second kappa shape index (κ2) is 4.21. The molecule has 1 aliphatic carbocycles. The zero-order chi connectivity index (χ0) is 12.6. The van der Waals surface area contributed by atoms with Gasteiger partial charge in [0.05, 0.1) is 0 Å². The van der Waals surface area contributed by atoms with Crippen LogP contribution in [0.1, 0.15) is 36.5 Å². The quantitative estimate of drug-likeness (QED) is 0.759. The third kappa shape index (κ3) is 1.99. The zero-order valence-electron chi connectivity index (χ0n) is 11.5. The Labute approximate surface area is 105 Å². The van der Waals surface area contributed by atoms with Crippen molar-refractivity contribution in [3.05, 3.63) is 47.2 Å². The molecule has 0 saturated heterocycles. The van der Waals surface area contributed by atoms with Gasteiger partial charge >= 0.3 is 0 Å². The minimum Gasteiger partial charge on any atom is -0.378 e. The Balaban J connectivity index is 2.32. The van der Waals surface area contributed by atoms with E-state index in [1.54, 1.807) is 0 Å². The summed E-state index contributed by atoms with van der Waals surface area (Å²) < 4.78 is 0. The fourth-order valence-electron chi connectivity index (χ4n) is 2.46. The molecule has 0 radical (unpaired) electrons. The molecule has 0 spiro atoms. The van der Waals surface area contributed by atoms with Crippen molar-refractivity contribution in [3.8, 4) is 0 Å². The van der Waals surface area contributed by atoms with Crippen LogP contribution in [0.3, 0.4) is 0 Å². The molecule has 2 rings (SSSR count). The first-order valence-corrected chi connectivity index (χ1v) is 6.49. The van der Waals surface area contributed by atoms with Gasteiger partial charge in [0.25, 0.3) is 0 Å². The van der Waals surface area contributed by atoms with E-state index in [0.29, 0.717) is 0 Å². The van der Waals surface area contributed by atoms with Gasteiger partial charge in [0.2, 0.25) is 0 Å². The molecule has 1 aromatic carbocycles. The van der Waals surface area contributed by atoms with Gasteiger partial charge in [-0.3, -0.25) is 0 Å². The smallest absolute Gasteiger partial charge is 0.0347 e. The molecule has 1 nitrogen and oxygen atoms in total. The molecule has 17 heavy (non-hydrogen) atoms. The van der Waals surface area contributed by atoms with E-state index in [4.69, 9.17) is 0 Å². The van der Waals surface area contributed by atoms with Gasteiger partial charge in [-0.25, -0.2) is 0 Å². The monoisotopic (exact) mass is 229 g/mol. The Morgan fingerprint density at radius 1 is 1.29 bits per heavy atom. The SMILES string of the molecule is C=C(N(C)CC)C1(c2ccc(C)c(C)c2)CC1. The Bertz CT molecular complexity index is 441.